The molecule has 0 aliphatic heterocycles. The third-order valence-electron chi connectivity index (χ3n) is 4.46. The molecule has 1 amide bonds. The molecule has 25 heavy (non-hydrogen) atoms. The summed E-state index contributed by atoms with van der Waals surface area (Å²) in [5.41, 5.74) is 4.69. The van der Waals surface area contributed by atoms with E-state index >= 15 is 0 Å². The number of ether oxygens (including phenoxy) is 1. The van der Waals surface area contributed by atoms with Crippen molar-refractivity contribution >= 4 is 12.1 Å². The van der Waals surface area contributed by atoms with Gasteiger partial charge in [-0.25, -0.2) is 4.79 Å². The van der Waals surface area contributed by atoms with Crippen LogP contribution in [0.15, 0.2) is 48.5 Å². The van der Waals surface area contributed by atoms with E-state index in [0.29, 0.717) is 0 Å². The van der Waals surface area contributed by atoms with Gasteiger partial charge in [-0.15, -0.1) is 0 Å². The van der Waals surface area contributed by atoms with Crippen molar-refractivity contribution in [1.29, 1.82) is 0 Å². The first-order chi connectivity index (χ1) is 12.1. The fourth-order valence-electron chi connectivity index (χ4n) is 3.28. The number of carboxylic acid groups (broad SMARTS) is 1. The summed E-state index contributed by atoms with van der Waals surface area (Å²) in [5, 5.41) is 11.4. The van der Waals surface area contributed by atoms with Crippen molar-refractivity contribution in [3.63, 3.8) is 0 Å². The molecule has 2 aromatic carbocycles. The Hall–Kier alpha value is -2.82. The molecule has 0 aromatic heterocycles. The van der Waals surface area contributed by atoms with E-state index in [1.54, 1.807) is 6.92 Å². The molecular formula is C20H21NO4. The van der Waals surface area contributed by atoms with E-state index in [0.717, 1.165) is 11.1 Å². The number of rotatable bonds is 6. The molecule has 5 heteroatoms. The van der Waals surface area contributed by atoms with E-state index in [1.165, 1.54) is 11.1 Å². The van der Waals surface area contributed by atoms with E-state index in [-0.39, 0.29) is 31.4 Å². The van der Waals surface area contributed by atoms with Gasteiger partial charge in [0.2, 0.25) is 0 Å². The zero-order valence-electron chi connectivity index (χ0n) is 14.1. The van der Waals surface area contributed by atoms with Gasteiger partial charge in [-0.2, -0.15) is 0 Å². The molecule has 0 radical (unpaired) electrons. The fourth-order valence-corrected chi connectivity index (χ4v) is 3.28. The minimum absolute atomic E-state index is 0.0175. The minimum Gasteiger partial charge on any atom is -0.481 e. The predicted octanol–water partition coefficient (Wildman–Crippen LogP) is 3.64. The highest BCUT2D eigenvalue weighted by Gasteiger charge is 2.28. The third-order valence-corrected chi connectivity index (χ3v) is 4.46. The quantitative estimate of drug-likeness (QED) is 0.842. The Morgan fingerprint density at radius 2 is 1.64 bits per heavy atom. The summed E-state index contributed by atoms with van der Waals surface area (Å²) < 4.78 is 5.40. The summed E-state index contributed by atoms with van der Waals surface area (Å²) in [6.07, 6.45) is -0.497. The Morgan fingerprint density at radius 1 is 1.08 bits per heavy atom. The summed E-state index contributed by atoms with van der Waals surface area (Å²) in [5.74, 6) is -0.991. The molecule has 0 bridgehead atoms. The Bertz CT molecular complexity index is 741. The molecule has 0 saturated heterocycles. The van der Waals surface area contributed by atoms with Crippen LogP contribution in [-0.2, 0) is 9.53 Å². The smallest absolute Gasteiger partial charge is 0.407 e. The number of amides is 1. The first-order valence-corrected chi connectivity index (χ1v) is 8.37. The number of nitrogens with one attached hydrogen (secondary N) is 1. The van der Waals surface area contributed by atoms with Crippen LogP contribution in [0.4, 0.5) is 4.79 Å². The Morgan fingerprint density at radius 3 is 2.20 bits per heavy atom. The van der Waals surface area contributed by atoms with Crippen LogP contribution in [0.5, 0.6) is 0 Å². The van der Waals surface area contributed by atoms with Gasteiger partial charge in [-0.05, 0) is 28.2 Å². The second-order valence-electron chi connectivity index (χ2n) is 6.41. The highest BCUT2D eigenvalue weighted by atomic mass is 16.5. The van der Waals surface area contributed by atoms with Gasteiger partial charge in [0.1, 0.15) is 6.61 Å². The lowest BCUT2D eigenvalue weighted by molar-refractivity contribution is -0.137. The Labute approximate surface area is 146 Å². The zero-order valence-corrected chi connectivity index (χ0v) is 14.1. The minimum atomic E-state index is -0.873. The summed E-state index contributed by atoms with van der Waals surface area (Å²) in [4.78, 5) is 22.6. The normalized spacial score (nSPS) is 13.6. The number of hydrogen-bond donors (Lipinski definition) is 2. The number of carbonyl (C=O) groups is 2. The van der Waals surface area contributed by atoms with E-state index in [2.05, 4.69) is 29.6 Å². The molecule has 3 rings (SSSR count). The lowest BCUT2D eigenvalue weighted by Gasteiger charge is -2.15. The van der Waals surface area contributed by atoms with Crippen molar-refractivity contribution in [2.75, 3.05) is 13.2 Å². The molecule has 0 fully saturated rings. The Kier molecular flexibility index (Phi) is 5.03. The van der Waals surface area contributed by atoms with Crippen molar-refractivity contribution < 1.29 is 19.4 Å². The summed E-state index contributed by atoms with van der Waals surface area (Å²) >= 11 is 0. The molecule has 1 atom stereocenters. The summed E-state index contributed by atoms with van der Waals surface area (Å²) in [6.45, 7) is 2.31. The van der Waals surface area contributed by atoms with Gasteiger partial charge in [0, 0.05) is 18.9 Å². The van der Waals surface area contributed by atoms with Gasteiger partial charge in [0.15, 0.2) is 0 Å². The standard InChI is InChI=1S/C20H21NO4/c1-13(10-19(22)23)11-21-20(24)25-12-18-16-8-4-2-6-14(16)15-7-3-5-9-17(15)18/h2-9,13,18H,10-12H2,1H3,(H,21,24)(H,22,23)/t13-/m0/s1. The highest BCUT2D eigenvalue weighted by molar-refractivity contribution is 5.79. The van der Waals surface area contributed by atoms with Crippen LogP contribution in [0.25, 0.3) is 11.1 Å². The maximum atomic E-state index is 11.9. The van der Waals surface area contributed by atoms with Gasteiger partial charge in [0.25, 0.3) is 0 Å². The van der Waals surface area contributed by atoms with Crippen LogP contribution >= 0.6 is 0 Å². The molecule has 1 aliphatic carbocycles. The van der Waals surface area contributed by atoms with Crippen molar-refractivity contribution in [3.05, 3.63) is 59.7 Å². The maximum absolute atomic E-state index is 11.9. The molecule has 2 aromatic rings. The van der Waals surface area contributed by atoms with Gasteiger partial charge in [-0.1, -0.05) is 55.5 Å². The van der Waals surface area contributed by atoms with Gasteiger partial charge < -0.3 is 15.2 Å². The van der Waals surface area contributed by atoms with Crippen LogP contribution in [0, 0.1) is 5.92 Å². The molecule has 0 saturated carbocycles. The highest BCUT2D eigenvalue weighted by Crippen LogP contribution is 2.44. The van der Waals surface area contributed by atoms with E-state index in [1.807, 2.05) is 24.3 Å². The SMILES string of the molecule is C[C@H](CNC(=O)OCC1c2ccccc2-c2ccccc21)CC(=O)O. The van der Waals surface area contributed by atoms with Crippen molar-refractivity contribution in [1.82, 2.24) is 5.32 Å². The number of carboxylic acids is 1. The number of hydrogen-bond acceptors (Lipinski definition) is 3. The molecule has 0 unspecified atom stereocenters. The molecule has 1 aliphatic rings. The predicted molar refractivity (Wildman–Crippen MR) is 94.5 cm³/mol. The van der Waals surface area contributed by atoms with Crippen molar-refractivity contribution in [3.8, 4) is 11.1 Å². The average Bonchev–Trinajstić information content (AvgIpc) is 2.92. The largest absolute Gasteiger partial charge is 0.481 e. The summed E-state index contributed by atoms with van der Waals surface area (Å²) in [6, 6.07) is 16.3. The molecule has 130 valence electrons. The fraction of sp³-hybridized carbons (Fsp3) is 0.300. The number of benzene rings is 2. The zero-order chi connectivity index (χ0) is 17.8. The third kappa shape index (κ3) is 3.82. The topological polar surface area (TPSA) is 75.6 Å². The molecule has 2 N–H and O–H groups in total. The molecule has 0 spiro atoms. The average molecular weight is 339 g/mol. The first-order valence-electron chi connectivity index (χ1n) is 8.37. The maximum Gasteiger partial charge on any atom is 0.407 e. The van der Waals surface area contributed by atoms with Crippen LogP contribution in [0.3, 0.4) is 0 Å². The summed E-state index contributed by atoms with van der Waals surface area (Å²) in [7, 11) is 0. The monoisotopic (exact) mass is 339 g/mol. The van der Waals surface area contributed by atoms with Crippen molar-refractivity contribution in [2.24, 2.45) is 5.92 Å². The number of carbonyl (C=O) groups excluding carboxylic acids is 1. The molecule has 5 nitrogen and oxygen atoms in total. The number of aliphatic carboxylic acids is 1. The van der Waals surface area contributed by atoms with Gasteiger partial charge in [-0.3, -0.25) is 4.79 Å². The second kappa shape index (κ2) is 7.38. The molecular weight excluding hydrogens is 318 g/mol. The first kappa shape index (κ1) is 17.0. The van der Waals surface area contributed by atoms with Crippen LogP contribution in [0.1, 0.15) is 30.4 Å². The second-order valence-corrected chi connectivity index (χ2v) is 6.41. The number of fused-ring (bicyclic) bond motifs is 3. The van der Waals surface area contributed by atoms with E-state index in [9.17, 15) is 9.59 Å². The van der Waals surface area contributed by atoms with E-state index in [4.69, 9.17) is 9.84 Å². The number of alkyl carbamates (subject to hydrolysis) is 1. The van der Waals surface area contributed by atoms with Crippen molar-refractivity contribution in [2.45, 2.75) is 19.3 Å². The van der Waals surface area contributed by atoms with E-state index < -0.39 is 12.1 Å². The van der Waals surface area contributed by atoms with Crippen LogP contribution in [0.2, 0.25) is 0 Å². The molecule has 0 heterocycles. The lowest BCUT2D eigenvalue weighted by Crippen LogP contribution is -2.30. The van der Waals surface area contributed by atoms with Crippen LogP contribution < -0.4 is 5.32 Å². The Balaban J connectivity index is 1.62. The van der Waals surface area contributed by atoms with Gasteiger partial charge >= 0.3 is 12.1 Å². The van der Waals surface area contributed by atoms with Crippen LogP contribution in [-0.4, -0.2) is 30.3 Å². The lowest BCUT2D eigenvalue weighted by atomic mass is 9.98. The van der Waals surface area contributed by atoms with Gasteiger partial charge in [0.05, 0.1) is 0 Å².